The van der Waals surface area contributed by atoms with Crippen LogP contribution in [0, 0.1) is 0 Å². The standard InChI is InChI=1S/C24H26BrN5O3S/c1-16(2)22-27-28-24(33-22)34-15-21(31)26-17-7-9-18(10-8-17)29-11-13-30(14-12-29)23(32)19-5-3-4-6-20(19)25/h3-10,16H,11-15H2,1-2H3,(H,26,31). The van der Waals surface area contributed by atoms with Crippen molar-refractivity contribution in [3.05, 3.63) is 64.5 Å². The minimum absolute atomic E-state index is 0.0454. The first-order chi connectivity index (χ1) is 16.4. The summed E-state index contributed by atoms with van der Waals surface area (Å²) in [5.41, 5.74) is 2.48. The molecule has 0 atom stereocenters. The van der Waals surface area contributed by atoms with E-state index in [0.717, 1.165) is 28.9 Å². The summed E-state index contributed by atoms with van der Waals surface area (Å²) < 4.78 is 6.33. The highest BCUT2D eigenvalue weighted by molar-refractivity contribution is 9.10. The first kappa shape index (κ1) is 24.3. The van der Waals surface area contributed by atoms with Gasteiger partial charge in [0.05, 0.1) is 11.3 Å². The zero-order valence-electron chi connectivity index (χ0n) is 19.0. The van der Waals surface area contributed by atoms with Gasteiger partial charge in [-0.05, 0) is 52.3 Å². The van der Waals surface area contributed by atoms with Crippen molar-refractivity contribution < 1.29 is 14.0 Å². The Bertz CT molecular complexity index is 1140. The number of hydrogen-bond acceptors (Lipinski definition) is 7. The van der Waals surface area contributed by atoms with Crippen LogP contribution in [-0.2, 0) is 4.79 Å². The normalized spacial score (nSPS) is 13.9. The molecule has 1 N–H and O–H groups in total. The third-order valence-electron chi connectivity index (χ3n) is 5.43. The van der Waals surface area contributed by atoms with Crippen LogP contribution in [-0.4, -0.2) is 58.8 Å². The molecular weight excluding hydrogens is 518 g/mol. The van der Waals surface area contributed by atoms with Crippen LogP contribution < -0.4 is 10.2 Å². The summed E-state index contributed by atoms with van der Waals surface area (Å²) >= 11 is 4.68. The molecular formula is C24H26BrN5O3S. The van der Waals surface area contributed by atoms with Gasteiger partial charge in [-0.25, -0.2) is 0 Å². The minimum atomic E-state index is -0.138. The number of rotatable bonds is 7. The fourth-order valence-electron chi connectivity index (χ4n) is 3.56. The molecule has 1 aliphatic heterocycles. The molecule has 0 bridgehead atoms. The van der Waals surface area contributed by atoms with Gasteiger partial charge in [-0.2, -0.15) is 0 Å². The third-order valence-corrected chi connectivity index (χ3v) is 6.94. The molecule has 0 unspecified atom stereocenters. The molecule has 0 radical (unpaired) electrons. The van der Waals surface area contributed by atoms with E-state index in [1.807, 2.05) is 67.3 Å². The number of aromatic nitrogens is 2. The van der Waals surface area contributed by atoms with Gasteiger partial charge in [-0.3, -0.25) is 9.59 Å². The number of nitrogens with one attached hydrogen (secondary N) is 1. The molecule has 1 aliphatic rings. The molecule has 8 nitrogen and oxygen atoms in total. The molecule has 2 aromatic carbocycles. The van der Waals surface area contributed by atoms with E-state index in [1.54, 1.807) is 0 Å². The Labute approximate surface area is 211 Å². The SMILES string of the molecule is CC(C)c1nnc(SCC(=O)Nc2ccc(N3CCN(C(=O)c4ccccc4Br)CC3)cc2)o1. The zero-order chi connectivity index (χ0) is 24.1. The molecule has 10 heteroatoms. The van der Waals surface area contributed by atoms with Crippen LogP contribution in [0.5, 0.6) is 0 Å². The second-order valence-corrected chi connectivity index (χ2v) is 9.98. The summed E-state index contributed by atoms with van der Waals surface area (Å²) in [6.45, 7) is 6.76. The molecule has 3 aromatic rings. The van der Waals surface area contributed by atoms with Gasteiger partial charge in [0.15, 0.2) is 0 Å². The Morgan fingerprint density at radius 2 is 1.76 bits per heavy atom. The van der Waals surface area contributed by atoms with Gasteiger partial charge in [0.1, 0.15) is 0 Å². The van der Waals surface area contributed by atoms with Crippen LogP contribution in [0.4, 0.5) is 11.4 Å². The highest BCUT2D eigenvalue weighted by Crippen LogP contribution is 2.23. The summed E-state index contributed by atoms with van der Waals surface area (Å²) in [7, 11) is 0. The average Bonchev–Trinajstić information content (AvgIpc) is 3.33. The van der Waals surface area contributed by atoms with E-state index < -0.39 is 0 Å². The van der Waals surface area contributed by atoms with Crippen LogP contribution in [0.15, 0.2) is 62.6 Å². The Balaban J connectivity index is 1.25. The van der Waals surface area contributed by atoms with Gasteiger partial charge in [0.25, 0.3) is 11.1 Å². The number of thioether (sulfide) groups is 1. The lowest BCUT2D eigenvalue weighted by molar-refractivity contribution is -0.113. The number of hydrogen-bond donors (Lipinski definition) is 1. The molecule has 1 aromatic heterocycles. The fourth-order valence-corrected chi connectivity index (χ4v) is 4.59. The highest BCUT2D eigenvalue weighted by Gasteiger charge is 2.23. The first-order valence-corrected chi connectivity index (χ1v) is 12.8. The number of halogens is 1. The van der Waals surface area contributed by atoms with Crippen LogP contribution in [0.1, 0.15) is 36.0 Å². The maximum Gasteiger partial charge on any atom is 0.277 e. The topological polar surface area (TPSA) is 91.6 Å². The molecule has 2 heterocycles. The molecule has 1 saturated heterocycles. The predicted octanol–water partition coefficient (Wildman–Crippen LogP) is 4.65. The second kappa shape index (κ2) is 11.1. The van der Waals surface area contributed by atoms with Crippen LogP contribution >= 0.6 is 27.7 Å². The van der Waals surface area contributed by atoms with Gasteiger partial charge in [0.2, 0.25) is 11.8 Å². The lowest BCUT2D eigenvalue weighted by Crippen LogP contribution is -2.48. The van der Waals surface area contributed by atoms with Crippen molar-refractivity contribution in [1.82, 2.24) is 15.1 Å². The smallest absolute Gasteiger partial charge is 0.277 e. The summed E-state index contributed by atoms with van der Waals surface area (Å²) in [6.07, 6.45) is 0. The number of carbonyl (C=O) groups is 2. The second-order valence-electron chi connectivity index (χ2n) is 8.20. The Morgan fingerprint density at radius 3 is 2.41 bits per heavy atom. The van der Waals surface area contributed by atoms with Crippen molar-refractivity contribution >= 4 is 50.9 Å². The van der Waals surface area contributed by atoms with Crippen molar-refractivity contribution in [3.8, 4) is 0 Å². The molecule has 2 amide bonds. The van der Waals surface area contributed by atoms with E-state index in [9.17, 15) is 9.59 Å². The number of nitrogens with zero attached hydrogens (tertiary/aromatic N) is 4. The lowest BCUT2D eigenvalue weighted by Gasteiger charge is -2.36. The molecule has 178 valence electrons. The number of benzene rings is 2. The molecule has 0 saturated carbocycles. The van der Waals surface area contributed by atoms with Gasteiger partial charge < -0.3 is 19.5 Å². The van der Waals surface area contributed by atoms with E-state index in [1.165, 1.54) is 11.8 Å². The minimum Gasteiger partial charge on any atom is -0.416 e. The predicted molar refractivity (Wildman–Crippen MR) is 136 cm³/mol. The Kier molecular flexibility index (Phi) is 7.89. The number of piperazine rings is 1. The largest absolute Gasteiger partial charge is 0.416 e. The van der Waals surface area contributed by atoms with Gasteiger partial charge in [0, 0.05) is 47.9 Å². The van der Waals surface area contributed by atoms with Crippen LogP contribution in [0.3, 0.4) is 0 Å². The summed E-state index contributed by atoms with van der Waals surface area (Å²) in [5, 5.41) is 11.2. The van der Waals surface area contributed by atoms with Gasteiger partial charge in [-0.15, -0.1) is 10.2 Å². The van der Waals surface area contributed by atoms with Gasteiger partial charge >= 0.3 is 0 Å². The van der Waals surface area contributed by atoms with Crippen LogP contribution in [0.2, 0.25) is 0 Å². The number of anilines is 2. The van der Waals surface area contributed by atoms with Crippen molar-refractivity contribution in [2.75, 3.05) is 42.1 Å². The molecule has 34 heavy (non-hydrogen) atoms. The third kappa shape index (κ3) is 5.98. The van der Waals surface area contributed by atoms with Crippen molar-refractivity contribution in [2.45, 2.75) is 25.0 Å². The summed E-state index contributed by atoms with van der Waals surface area (Å²) in [5.74, 6) is 0.820. The Hall–Kier alpha value is -2.85. The van der Waals surface area contributed by atoms with Crippen molar-refractivity contribution in [1.29, 1.82) is 0 Å². The van der Waals surface area contributed by atoms with E-state index in [4.69, 9.17) is 4.42 Å². The summed E-state index contributed by atoms with van der Waals surface area (Å²) in [4.78, 5) is 29.2. The molecule has 1 fully saturated rings. The zero-order valence-corrected chi connectivity index (χ0v) is 21.4. The van der Waals surface area contributed by atoms with E-state index in [0.29, 0.717) is 29.8 Å². The molecule has 4 rings (SSSR count). The maximum atomic E-state index is 12.8. The quantitative estimate of drug-likeness (QED) is 0.433. The average molecular weight is 544 g/mol. The molecule has 0 aliphatic carbocycles. The molecule has 0 spiro atoms. The van der Waals surface area contributed by atoms with E-state index >= 15 is 0 Å². The number of carbonyl (C=O) groups excluding carboxylic acids is 2. The highest BCUT2D eigenvalue weighted by atomic mass is 79.9. The first-order valence-electron chi connectivity index (χ1n) is 11.1. The fraction of sp³-hybridized carbons (Fsp3) is 0.333. The van der Waals surface area contributed by atoms with Crippen molar-refractivity contribution in [2.24, 2.45) is 0 Å². The lowest BCUT2D eigenvalue weighted by atomic mass is 10.1. The maximum absolute atomic E-state index is 12.8. The van der Waals surface area contributed by atoms with E-state index in [-0.39, 0.29) is 23.5 Å². The number of amides is 2. The van der Waals surface area contributed by atoms with E-state index in [2.05, 4.69) is 36.3 Å². The monoisotopic (exact) mass is 543 g/mol. The van der Waals surface area contributed by atoms with Crippen LogP contribution in [0.25, 0.3) is 0 Å². The summed E-state index contributed by atoms with van der Waals surface area (Å²) in [6, 6.07) is 15.3. The van der Waals surface area contributed by atoms with Gasteiger partial charge in [-0.1, -0.05) is 37.7 Å². The Morgan fingerprint density at radius 1 is 1.06 bits per heavy atom. The van der Waals surface area contributed by atoms with Crippen molar-refractivity contribution in [3.63, 3.8) is 0 Å².